The van der Waals surface area contributed by atoms with Crippen molar-refractivity contribution < 1.29 is 40.7 Å². The van der Waals surface area contributed by atoms with Crippen molar-refractivity contribution in [2.75, 3.05) is 7.11 Å². The lowest BCUT2D eigenvalue weighted by Gasteiger charge is -2.10. The van der Waals surface area contributed by atoms with Gasteiger partial charge in [-0.3, -0.25) is 4.79 Å². The molecule has 1 heterocycles. The van der Waals surface area contributed by atoms with Crippen LogP contribution in [0.15, 0.2) is 47.5 Å². The van der Waals surface area contributed by atoms with Crippen molar-refractivity contribution >= 4 is 21.9 Å². The first-order valence-corrected chi connectivity index (χ1v) is 8.47. The molecule has 1 aromatic carbocycles. The third kappa shape index (κ3) is 5.41. The second-order valence-corrected chi connectivity index (χ2v) is 6.56. The number of ether oxygens (including phenoxy) is 2. The van der Waals surface area contributed by atoms with Gasteiger partial charge in [0.05, 0.1) is 17.6 Å². The Morgan fingerprint density at radius 3 is 2.19 bits per heavy atom. The number of carbonyl (C=O) groups is 2. The van der Waals surface area contributed by atoms with Gasteiger partial charge in [0.1, 0.15) is 11.4 Å². The second kappa shape index (κ2) is 7.61. The molecule has 0 aliphatic rings. The Morgan fingerprint density at radius 1 is 1.07 bits per heavy atom. The van der Waals surface area contributed by atoms with Gasteiger partial charge in [0.15, 0.2) is 0 Å². The Kier molecular flexibility index (Phi) is 5.69. The van der Waals surface area contributed by atoms with Crippen molar-refractivity contribution in [2.24, 2.45) is 0 Å². The van der Waals surface area contributed by atoms with Gasteiger partial charge in [0.2, 0.25) is 0 Å². The van der Waals surface area contributed by atoms with Gasteiger partial charge < -0.3 is 9.47 Å². The summed E-state index contributed by atoms with van der Waals surface area (Å²) in [6.45, 7) is 0. The van der Waals surface area contributed by atoms with Crippen LogP contribution in [0.3, 0.4) is 0 Å². The molecular formula is C15H11F3N2O6S. The van der Waals surface area contributed by atoms with Crippen molar-refractivity contribution in [1.29, 1.82) is 0 Å². The summed E-state index contributed by atoms with van der Waals surface area (Å²) >= 11 is 0. The normalized spacial score (nSPS) is 11.6. The van der Waals surface area contributed by atoms with Gasteiger partial charge in [-0.15, -0.1) is 13.2 Å². The van der Waals surface area contributed by atoms with E-state index in [4.69, 9.17) is 0 Å². The number of halogens is 3. The summed E-state index contributed by atoms with van der Waals surface area (Å²) in [5, 5.41) is 0. The highest BCUT2D eigenvalue weighted by molar-refractivity contribution is 7.90. The van der Waals surface area contributed by atoms with Crippen molar-refractivity contribution in [3.8, 4) is 5.75 Å². The second-order valence-electron chi connectivity index (χ2n) is 4.88. The molecule has 0 saturated carbocycles. The summed E-state index contributed by atoms with van der Waals surface area (Å²) in [5.41, 5.74) is -0.250. The van der Waals surface area contributed by atoms with Crippen LogP contribution in [0.5, 0.6) is 5.75 Å². The fourth-order valence-corrected chi connectivity index (χ4v) is 2.79. The van der Waals surface area contributed by atoms with E-state index in [0.29, 0.717) is 0 Å². The predicted molar refractivity (Wildman–Crippen MR) is 83.4 cm³/mol. The van der Waals surface area contributed by atoms with Crippen LogP contribution in [-0.4, -0.2) is 38.8 Å². The Balaban J connectivity index is 2.13. The molecule has 0 aliphatic carbocycles. The minimum absolute atomic E-state index is 0.0860. The Labute approximate surface area is 151 Å². The molecule has 0 aliphatic heterocycles. The number of hydrogen-bond donors (Lipinski definition) is 1. The van der Waals surface area contributed by atoms with Crippen LogP contribution in [0.1, 0.15) is 20.8 Å². The molecule has 0 saturated heterocycles. The molecule has 0 atom stereocenters. The lowest BCUT2D eigenvalue weighted by atomic mass is 10.2. The molecule has 0 spiro atoms. The molecule has 0 unspecified atom stereocenters. The zero-order chi connectivity index (χ0) is 20.2. The standard InChI is InChI=1S/C15H11F3N2O6S/c1-25-14(22)12-7-2-9(8-19-12)13(21)20-27(23,24)11-5-3-10(4-6-11)26-15(16,17)18/h2-8H,1H3,(H,20,21). The maximum Gasteiger partial charge on any atom is 0.573 e. The number of sulfonamides is 1. The van der Waals surface area contributed by atoms with E-state index in [1.807, 2.05) is 0 Å². The molecule has 1 amide bonds. The number of nitrogens with one attached hydrogen (secondary N) is 1. The van der Waals surface area contributed by atoms with E-state index in [9.17, 15) is 31.2 Å². The van der Waals surface area contributed by atoms with Gasteiger partial charge in [-0.25, -0.2) is 22.9 Å². The lowest BCUT2D eigenvalue weighted by Crippen LogP contribution is -2.30. The molecule has 2 rings (SSSR count). The van der Waals surface area contributed by atoms with Crippen molar-refractivity contribution in [1.82, 2.24) is 9.71 Å². The number of aromatic nitrogens is 1. The van der Waals surface area contributed by atoms with Gasteiger partial charge in [-0.1, -0.05) is 0 Å². The summed E-state index contributed by atoms with van der Waals surface area (Å²) in [6.07, 6.45) is -3.95. The average molecular weight is 404 g/mol. The topological polar surface area (TPSA) is 112 Å². The minimum atomic E-state index is -4.92. The monoisotopic (exact) mass is 404 g/mol. The van der Waals surface area contributed by atoms with E-state index in [1.54, 1.807) is 4.72 Å². The number of pyridine rings is 1. The molecule has 1 N–H and O–H groups in total. The zero-order valence-electron chi connectivity index (χ0n) is 13.5. The summed E-state index contributed by atoms with van der Waals surface area (Å²) in [4.78, 5) is 26.5. The molecule has 0 bridgehead atoms. The summed E-state index contributed by atoms with van der Waals surface area (Å²) in [7, 11) is -3.21. The number of hydrogen-bond acceptors (Lipinski definition) is 7. The fraction of sp³-hybridized carbons (Fsp3) is 0.133. The Morgan fingerprint density at radius 2 is 1.70 bits per heavy atom. The number of amides is 1. The number of methoxy groups -OCH3 is 1. The van der Waals surface area contributed by atoms with Gasteiger partial charge in [0.25, 0.3) is 15.9 Å². The maximum absolute atomic E-state index is 12.1. The van der Waals surface area contributed by atoms with Crippen molar-refractivity contribution in [2.45, 2.75) is 11.3 Å². The molecule has 12 heteroatoms. The number of rotatable bonds is 5. The smallest absolute Gasteiger partial charge is 0.464 e. The number of alkyl halides is 3. The maximum atomic E-state index is 12.1. The molecular weight excluding hydrogens is 393 g/mol. The Hall–Kier alpha value is -3.15. The van der Waals surface area contributed by atoms with Crippen LogP contribution in [0, 0.1) is 0 Å². The highest BCUT2D eigenvalue weighted by Crippen LogP contribution is 2.23. The first-order valence-electron chi connectivity index (χ1n) is 6.99. The largest absolute Gasteiger partial charge is 0.573 e. The van der Waals surface area contributed by atoms with Crippen LogP contribution in [0.2, 0.25) is 0 Å². The molecule has 0 radical (unpaired) electrons. The third-order valence-corrected chi connectivity index (χ3v) is 4.36. The summed E-state index contributed by atoms with van der Waals surface area (Å²) in [6, 6.07) is 5.59. The van der Waals surface area contributed by atoms with Crippen molar-refractivity contribution in [3.63, 3.8) is 0 Å². The minimum Gasteiger partial charge on any atom is -0.464 e. The number of nitrogens with zero attached hydrogens (tertiary/aromatic N) is 1. The van der Waals surface area contributed by atoms with Crippen LogP contribution in [0.25, 0.3) is 0 Å². The lowest BCUT2D eigenvalue weighted by molar-refractivity contribution is -0.274. The van der Waals surface area contributed by atoms with Crippen LogP contribution < -0.4 is 9.46 Å². The number of benzene rings is 1. The fourth-order valence-electron chi connectivity index (χ4n) is 1.81. The SMILES string of the molecule is COC(=O)c1ccc(C(=O)NS(=O)(=O)c2ccc(OC(F)(F)F)cc2)cn1. The van der Waals surface area contributed by atoms with Crippen LogP contribution in [0.4, 0.5) is 13.2 Å². The van der Waals surface area contributed by atoms with E-state index in [0.717, 1.165) is 49.7 Å². The first-order chi connectivity index (χ1) is 12.5. The predicted octanol–water partition coefficient (Wildman–Crippen LogP) is 1.89. The van der Waals surface area contributed by atoms with Gasteiger partial charge >= 0.3 is 12.3 Å². The highest BCUT2D eigenvalue weighted by atomic mass is 32.2. The van der Waals surface area contributed by atoms with Gasteiger partial charge in [-0.05, 0) is 36.4 Å². The molecule has 1 aromatic heterocycles. The quantitative estimate of drug-likeness (QED) is 0.758. The highest BCUT2D eigenvalue weighted by Gasteiger charge is 2.31. The van der Waals surface area contributed by atoms with E-state index < -0.39 is 38.9 Å². The first kappa shape index (κ1) is 20.2. The molecule has 27 heavy (non-hydrogen) atoms. The molecule has 2 aromatic rings. The van der Waals surface area contributed by atoms with Gasteiger partial charge in [-0.2, -0.15) is 0 Å². The van der Waals surface area contributed by atoms with E-state index in [2.05, 4.69) is 14.5 Å². The summed E-state index contributed by atoms with van der Waals surface area (Å²) in [5.74, 6) is -2.40. The van der Waals surface area contributed by atoms with Gasteiger partial charge in [0, 0.05) is 6.20 Å². The summed E-state index contributed by atoms with van der Waals surface area (Å²) < 4.78 is 70.4. The van der Waals surface area contributed by atoms with Crippen molar-refractivity contribution in [3.05, 3.63) is 53.9 Å². The molecule has 144 valence electrons. The van der Waals surface area contributed by atoms with E-state index >= 15 is 0 Å². The average Bonchev–Trinajstić information content (AvgIpc) is 2.60. The molecule has 0 fully saturated rings. The van der Waals surface area contributed by atoms with Crippen LogP contribution in [-0.2, 0) is 14.8 Å². The Bertz CT molecular complexity index is 941. The van der Waals surface area contributed by atoms with Crippen LogP contribution >= 0.6 is 0 Å². The zero-order valence-corrected chi connectivity index (χ0v) is 14.3. The van der Waals surface area contributed by atoms with E-state index in [-0.39, 0.29) is 11.3 Å². The molecule has 8 nitrogen and oxygen atoms in total. The van der Waals surface area contributed by atoms with E-state index in [1.165, 1.54) is 0 Å². The number of esters is 1. The number of carbonyl (C=O) groups excluding carboxylic acids is 2. The third-order valence-electron chi connectivity index (χ3n) is 3.01.